The van der Waals surface area contributed by atoms with Crippen LogP contribution in [0.2, 0.25) is 0 Å². The molecule has 2 heteroatoms. The average molecular weight is 240 g/mol. The highest BCUT2D eigenvalue weighted by Gasteiger charge is 2.28. The molecule has 0 radical (unpaired) electrons. The maximum absolute atomic E-state index is 5.78. The third kappa shape index (κ3) is 6.42. The van der Waals surface area contributed by atoms with E-state index >= 15 is 0 Å². The molecule has 0 heterocycles. The van der Waals surface area contributed by atoms with Gasteiger partial charge >= 0.3 is 0 Å². The zero-order valence-electron chi connectivity index (χ0n) is 12.3. The molecule has 1 saturated carbocycles. The second kappa shape index (κ2) is 6.75. The fraction of sp³-hybridized carbons (Fsp3) is 1.00. The summed E-state index contributed by atoms with van der Waals surface area (Å²) in [6, 6.07) is 0.912. The van der Waals surface area contributed by atoms with Crippen LogP contribution in [-0.4, -0.2) is 30.6 Å². The molecule has 2 nitrogen and oxygen atoms in total. The predicted octanol–water partition coefficient (Wildman–Crippen LogP) is 3.26. The first-order valence-electron chi connectivity index (χ1n) is 7.39. The van der Waals surface area contributed by atoms with E-state index in [4.69, 9.17) is 5.73 Å². The lowest BCUT2D eigenvalue weighted by Gasteiger charge is -2.26. The van der Waals surface area contributed by atoms with E-state index in [-0.39, 0.29) is 0 Å². The Hall–Kier alpha value is -0.0800. The Balaban J connectivity index is 2.20. The molecule has 0 saturated heterocycles. The highest BCUT2D eigenvalue weighted by atomic mass is 15.2. The van der Waals surface area contributed by atoms with Crippen LogP contribution in [0.5, 0.6) is 0 Å². The third-order valence-electron chi connectivity index (χ3n) is 3.91. The summed E-state index contributed by atoms with van der Waals surface area (Å²) < 4.78 is 0. The molecule has 0 unspecified atom stereocenters. The lowest BCUT2D eigenvalue weighted by Crippen LogP contribution is -2.31. The summed E-state index contributed by atoms with van der Waals surface area (Å²) >= 11 is 0. The van der Waals surface area contributed by atoms with Gasteiger partial charge in [-0.3, -0.25) is 0 Å². The van der Waals surface area contributed by atoms with Crippen molar-refractivity contribution in [3.05, 3.63) is 0 Å². The minimum atomic E-state index is 0.327. The standard InChI is InChI=1S/C15H32N2/c1-13(2)8-11-17(14-6-7-14)10-5-9-15(3,4)12-16/h13-14H,5-12,16H2,1-4H3. The summed E-state index contributed by atoms with van der Waals surface area (Å²) in [6.45, 7) is 12.6. The highest BCUT2D eigenvalue weighted by molar-refractivity contribution is 4.85. The zero-order chi connectivity index (χ0) is 12.9. The summed E-state index contributed by atoms with van der Waals surface area (Å²) in [5.74, 6) is 0.830. The topological polar surface area (TPSA) is 29.3 Å². The van der Waals surface area contributed by atoms with E-state index in [2.05, 4.69) is 32.6 Å². The van der Waals surface area contributed by atoms with Crippen molar-refractivity contribution in [2.24, 2.45) is 17.1 Å². The van der Waals surface area contributed by atoms with Crippen molar-refractivity contribution < 1.29 is 0 Å². The number of hydrogen-bond acceptors (Lipinski definition) is 2. The number of hydrogen-bond donors (Lipinski definition) is 1. The molecule has 0 aromatic carbocycles. The lowest BCUT2D eigenvalue weighted by molar-refractivity contribution is 0.224. The Bertz CT molecular complexity index is 207. The Morgan fingerprint density at radius 1 is 1.24 bits per heavy atom. The molecule has 0 spiro atoms. The Morgan fingerprint density at radius 3 is 2.35 bits per heavy atom. The SMILES string of the molecule is CC(C)CCN(CCCC(C)(C)CN)C1CC1. The van der Waals surface area contributed by atoms with E-state index in [0.29, 0.717) is 5.41 Å². The van der Waals surface area contributed by atoms with Gasteiger partial charge in [-0.25, -0.2) is 0 Å². The van der Waals surface area contributed by atoms with E-state index in [1.807, 2.05) is 0 Å². The minimum absolute atomic E-state index is 0.327. The van der Waals surface area contributed by atoms with Crippen LogP contribution >= 0.6 is 0 Å². The highest BCUT2D eigenvalue weighted by Crippen LogP contribution is 2.28. The van der Waals surface area contributed by atoms with Crippen LogP contribution in [0, 0.1) is 11.3 Å². The van der Waals surface area contributed by atoms with Crippen molar-refractivity contribution >= 4 is 0 Å². The average Bonchev–Trinajstić information content (AvgIpc) is 3.06. The van der Waals surface area contributed by atoms with Crippen molar-refractivity contribution in [2.45, 2.75) is 65.8 Å². The zero-order valence-corrected chi connectivity index (χ0v) is 12.3. The van der Waals surface area contributed by atoms with Crippen molar-refractivity contribution in [3.8, 4) is 0 Å². The van der Waals surface area contributed by atoms with Crippen LogP contribution in [-0.2, 0) is 0 Å². The maximum atomic E-state index is 5.78. The molecule has 17 heavy (non-hydrogen) atoms. The number of nitrogens with two attached hydrogens (primary N) is 1. The Kier molecular flexibility index (Phi) is 5.94. The van der Waals surface area contributed by atoms with E-state index in [1.165, 1.54) is 45.2 Å². The lowest BCUT2D eigenvalue weighted by atomic mass is 9.88. The minimum Gasteiger partial charge on any atom is -0.330 e. The van der Waals surface area contributed by atoms with Crippen LogP contribution in [0.4, 0.5) is 0 Å². The number of nitrogens with zero attached hydrogens (tertiary/aromatic N) is 1. The van der Waals surface area contributed by atoms with Gasteiger partial charge in [-0.1, -0.05) is 27.7 Å². The molecule has 2 N–H and O–H groups in total. The quantitative estimate of drug-likeness (QED) is 0.670. The van der Waals surface area contributed by atoms with Crippen molar-refractivity contribution in [1.29, 1.82) is 0 Å². The molecular formula is C15H32N2. The normalized spacial score (nSPS) is 17.1. The predicted molar refractivity (Wildman–Crippen MR) is 76.1 cm³/mol. The first kappa shape index (κ1) is 15.0. The summed E-state index contributed by atoms with van der Waals surface area (Å²) in [7, 11) is 0. The largest absolute Gasteiger partial charge is 0.330 e. The van der Waals surface area contributed by atoms with Crippen LogP contribution in [0.25, 0.3) is 0 Å². The second-order valence-electron chi connectivity index (χ2n) is 6.92. The van der Waals surface area contributed by atoms with Crippen molar-refractivity contribution in [1.82, 2.24) is 4.90 Å². The molecule has 1 aliphatic rings. The third-order valence-corrected chi connectivity index (χ3v) is 3.91. The van der Waals surface area contributed by atoms with Gasteiger partial charge in [0.25, 0.3) is 0 Å². The molecule has 1 rings (SSSR count). The van der Waals surface area contributed by atoms with Crippen LogP contribution in [0.1, 0.15) is 59.8 Å². The first-order valence-corrected chi connectivity index (χ1v) is 7.39. The molecular weight excluding hydrogens is 208 g/mol. The molecule has 0 amide bonds. The van der Waals surface area contributed by atoms with E-state index in [9.17, 15) is 0 Å². The van der Waals surface area contributed by atoms with Gasteiger partial charge in [0.1, 0.15) is 0 Å². The molecule has 102 valence electrons. The maximum Gasteiger partial charge on any atom is 0.00964 e. The summed E-state index contributed by atoms with van der Waals surface area (Å²) in [5.41, 5.74) is 6.11. The van der Waals surface area contributed by atoms with Gasteiger partial charge in [0, 0.05) is 6.04 Å². The van der Waals surface area contributed by atoms with Gasteiger partial charge in [0.15, 0.2) is 0 Å². The smallest absolute Gasteiger partial charge is 0.00964 e. The molecule has 0 aliphatic heterocycles. The molecule has 1 aliphatic carbocycles. The molecule has 0 aromatic rings. The Labute approximate surface area is 108 Å². The fourth-order valence-electron chi connectivity index (χ4n) is 2.20. The van der Waals surface area contributed by atoms with Crippen molar-refractivity contribution in [3.63, 3.8) is 0 Å². The van der Waals surface area contributed by atoms with Gasteiger partial charge in [0.2, 0.25) is 0 Å². The van der Waals surface area contributed by atoms with Gasteiger partial charge < -0.3 is 10.6 Å². The first-order chi connectivity index (χ1) is 7.94. The van der Waals surface area contributed by atoms with E-state index in [1.54, 1.807) is 0 Å². The van der Waals surface area contributed by atoms with Gasteiger partial charge in [-0.15, -0.1) is 0 Å². The summed E-state index contributed by atoms with van der Waals surface area (Å²) in [5, 5.41) is 0. The molecule has 0 bridgehead atoms. The molecule has 0 atom stereocenters. The van der Waals surface area contributed by atoms with Gasteiger partial charge in [-0.05, 0) is 63.1 Å². The summed E-state index contributed by atoms with van der Waals surface area (Å²) in [6.07, 6.45) is 6.76. The summed E-state index contributed by atoms with van der Waals surface area (Å²) in [4.78, 5) is 2.71. The van der Waals surface area contributed by atoms with Crippen LogP contribution in [0.3, 0.4) is 0 Å². The van der Waals surface area contributed by atoms with Crippen LogP contribution in [0.15, 0.2) is 0 Å². The van der Waals surface area contributed by atoms with Crippen LogP contribution < -0.4 is 5.73 Å². The fourth-order valence-corrected chi connectivity index (χ4v) is 2.20. The van der Waals surface area contributed by atoms with Gasteiger partial charge in [0.05, 0.1) is 0 Å². The van der Waals surface area contributed by atoms with Gasteiger partial charge in [-0.2, -0.15) is 0 Å². The second-order valence-corrected chi connectivity index (χ2v) is 6.92. The monoisotopic (exact) mass is 240 g/mol. The molecule has 0 aromatic heterocycles. The molecule has 1 fully saturated rings. The number of rotatable bonds is 9. The van der Waals surface area contributed by atoms with E-state index in [0.717, 1.165) is 18.5 Å². The van der Waals surface area contributed by atoms with Crippen molar-refractivity contribution in [2.75, 3.05) is 19.6 Å². The van der Waals surface area contributed by atoms with E-state index < -0.39 is 0 Å². The Morgan fingerprint density at radius 2 is 1.88 bits per heavy atom.